The SMILES string of the molecule is CCCc1nc(NCC)cc(Nc2ccc(Br)c(C)c2)n1. The van der Waals surface area contributed by atoms with Crippen LogP contribution >= 0.6 is 15.9 Å². The highest BCUT2D eigenvalue weighted by molar-refractivity contribution is 9.10. The van der Waals surface area contributed by atoms with E-state index in [0.717, 1.165) is 47.0 Å². The third-order valence-electron chi connectivity index (χ3n) is 3.03. The van der Waals surface area contributed by atoms with Gasteiger partial charge in [-0.3, -0.25) is 0 Å². The number of benzene rings is 1. The maximum Gasteiger partial charge on any atom is 0.136 e. The van der Waals surface area contributed by atoms with Crippen LogP contribution in [0.15, 0.2) is 28.7 Å². The monoisotopic (exact) mass is 348 g/mol. The van der Waals surface area contributed by atoms with Crippen LogP contribution in [0.5, 0.6) is 0 Å². The molecule has 0 bridgehead atoms. The maximum absolute atomic E-state index is 4.58. The fourth-order valence-corrected chi connectivity index (χ4v) is 2.29. The van der Waals surface area contributed by atoms with Crippen molar-refractivity contribution in [3.05, 3.63) is 40.1 Å². The second-order valence-electron chi connectivity index (χ2n) is 4.92. The second kappa shape index (κ2) is 7.41. The van der Waals surface area contributed by atoms with Crippen molar-refractivity contribution < 1.29 is 0 Å². The zero-order chi connectivity index (χ0) is 15.2. The highest BCUT2D eigenvalue weighted by Crippen LogP contribution is 2.23. The van der Waals surface area contributed by atoms with Gasteiger partial charge >= 0.3 is 0 Å². The Morgan fingerprint density at radius 2 is 1.86 bits per heavy atom. The number of halogens is 1. The minimum atomic E-state index is 0.825. The van der Waals surface area contributed by atoms with Crippen LogP contribution in [0.3, 0.4) is 0 Å². The van der Waals surface area contributed by atoms with Crippen LogP contribution in [0.4, 0.5) is 17.3 Å². The molecule has 0 aliphatic heterocycles. The van der Waals surface area contributed by atoms with Gasteiger partial charge < -0.3 is 10.6 Å². The lowest BCUT2D eigenvalue weighted by atomic mass is 10.2. The number of nitrogens with one attached hydrogen (secondary N) is 2. The van der Waals surface area contributed by atoms with Crippen molar-refractivity contribution in [2.24, 2.45) is 0 Å². The van der Waals surface area contributed by atoms with Crippen molar-refractivity contribution in [1.82, 2.24) is 9.97 Å². The van der Waals surface area contributed by atoms with Crippen LogP contribution in [0.25, 0.3) is 0 Å². The fourth-order valence-electron chi connectivity index (χ4n) is 2.04. The van der Waals surface area contributed by atoms with Crippen molar-refractivity contribution in [2.75, 3.05) is 17.2 Å². The standard InChI is InChI=1S/C16H21BrN4/c1-4-6-14-20-15(18-5-2)10-16(21-14)19-12-7-8-13(17)11(3)9-12/h7-10H,4-6H2,1-3H3,(H2,18,19,20,21). The zero-order valence-corrected chi connectivity index (χ0v) is 14.3. The molecular formula is C16H21BrN4. The summed E-state index contributed by atoms with van der Waals surface area (Å²) in [5.41, 5.74) is 2.22. The summed E-state index contributed by atoms with van der Waals surface area (Å²) in [6.07, 6.45) is 1.92. The molecule has 4 nitrogen and oxygen atoms in total. The molecule has 0 radical (unpaired) electrons. The summed E-state index contributed by atoms with van der Waals surface area (Å²) < 4.78 is 1.11. The van der Waals surface area contributed by atoms with Crippen molar-refractivity contribution in [1.29, 1.82) is 0 Å². The van der Waals surface area contributed by atoms with E-state index >= 15 is 0 Å². The largest absolute Gasteiger partial charge is 0.370 e. The molecule has 1 aromatic carbocycles. The maximum atomic E-state index is 4.58. The summed E-state index contributed by atoms with van der Waals surface area (Å²) in [5.74, 6) is 2.56. The molecule has 0 saturated heterocycles. The zero-order valence-electron chi connectivity index (χ0n) is 12.7. The van der Waals surface area contributed by atoms with Crippen LogP contribution in [0.2, 0.25) is 0 Å². The van der Waals surface area contributed by atoms with E-state index in [1.165, 1.54) is 5.56 Å². The van der Waals surface area contributed by atoms with Gasteiger partial charge in [-0.1, -0.05) is 22.9 Å². The smallest absolute Gasteiger partial charge is 0.136 e. The van der Waals surface area contributed by atoms with Gasteiger partial charge in [0.05, 0.1) is 0 Å². The summed E-state index contributed by atoms with van der Waals surface area (Å²) in [6.45, 7) is 7.11. The number of anilines is 3. The molecule has 0 spiro atoms. The molecule has 0 aliphatic rings. The first-order chi connectivity index (χ1) is 10.1. The first-order valence-electron chi connectivity index (χ1n) is 7.27. The molecule has 2 N–H and O–H groups in total. The minimum Gasteiger partial charge on any atom is -0.370 e. The van der Waals surface area contributed by atoms with E-state index in [4.69, 9.17) is 0 Å². The lowest BCUT2D eigenvalue weighted by Crippen LogP contribution is -2.06. The molecule has 21 heavy (non-hydrogen) atoms. The molecule has 1 heterocycles. The Morgan fingerprint density at radius 3 is 2.52 bits per heavy atom. The van der Waals surface area contributed by atoms with Crippen molar-refractivity contribution in [3.8, 4) is 0 Å². The minimum absolute atomic E-state index is 0.825. The van der Waals surface area contributed by atoms with E-state index in [2.05, 4.69) is 63.4 Å². The molecule has 112 valence electrons. The molecule has 5 heteroatoms. The second-order valence-corrected chi connectivity index (χ2v) is 5.78. The molecule has 0 atom stereocenters. The number of aromatic nitrogens is 2. The number of rotatable bonds is 6. The van der Waals surface area contributed by atoms with Crippen LogP contribution in [-0.4, -0.2) is 16.5 Å². The number of hydrogen-bond donors (Lipinski definition) is 2. The van der Waals surface area contributed by atoms with Crippen molar-refractivity contribution >= 4 is 33.3 Å². The molecule has 0 amide bonds. The Labute approximate surface area is 134 Å². The normalized spacial score (nSPS) is 10.5. The van der Waals surface area contributed by atoms with Gasteiger partial charge in [0.15, 0.2) is 0 Å². The summed E-state index contributed by atoms with van der Waals surface area (Å²) in [5, 5.41) is 6.61. The predicted octanol–water partition coefficient (Wildman–Crippen LogP) is 4.68. The Hall–Kier alpha value is -1.62. The predicted molar refractivity (Wildman–Crippen MR) is 92.4 cm³/mol. The molecule has 1 aromatic heterocycles. The highest BCUT2D eigenvalue weighted by atomic mass is 79.9. The highest BCUT2D eigenvalue weighted by Gasteiger charge is 2.05. The third kappa shape index (κ3) is 4.43. The van der Waals surface area contributed by atoms with Gasteiger partial charge in [0.2, 0.25) is 0 Å². The Morgan fingerprint density at radius 1 is 1.10 bits per heavy atom. The average molecular weight is 349 g/mol. The number of nitrogens with zero attached hydrogens (tertiary/aromatic N) is 2. The Kier molecular flexibility index (Phi) is 5.56. The molecule has 0 fully saturated rings. The van der Waals surface area contributed by atoms with Crippen LogP contribution in [-0.2, 0) is 6.42 Å². The van der Waals surface area contributed by atoms with E-state index in [9.17, 15) is 0 Å². The summed E-state index contributed by atoms with van der Waals surface area (Å²) in [4.78, 5) is 9.10. The van der Waals surface area contributed by atoms with Crippen LogP contribution < -0.4 is 10.6 Å². The topological polar surface area (TPSA) is 49.8 Å². The lowest BCUT2D eigenvalue weighted by molar-refractivity contribution is 0.836. The van der Waals surface area contributed by atoms with Gasteiger partial charge in [0, 0.05) is 29.2 Å². The first-order valence-corrected chi connectivity index (χ1v) is 8.06. The first kappa shape index (κ1) is 15.8. The molecule has 2 rings (SSSR count). The Balaban J connectivity index is 2.26. The van der Waals surface area contributed by atoms with Gasteiger partial charge in [0.25, 0.3) is 0 Å². The van der Waals surface area contributed by atoms with E-state index in [1.807, 2.05) is 18.2 Å². The van der Waals surface area contributed by atoms with Gasteiger partial charge in [-0.15, -0.1) is 0 Å². The number of aryl methyl sites for hydroxylation is 2. The van der Waals surface area contributed by atoms with E-state index in [1.54, 1.807) is 0 Å². The third-order valence-corrected chi connectivity index (χ3v) is 3.92. The molecule has 0 saturated carbocycles. The summed E-state index contributed by atoms with van der Waals surface area (Å²) >= 11 is 3.52. The van der Waals surface area contributed by atoms with E-state index < -0.39 is 0 Å². The number of hydrogen-bond acceptors (Lipinski definition) is 4. The quantitative estimate of drug-likeness (QED) is 0.795. The van der Waals surface area contributed by atoms with E-state index in [-0.39, 0.29) is 0 Å². The van der Waals surface area contributed by atoms with E-state index in [0.29, 0.717) is 0 Å². The summed E-state index contributed by atoms with van der Waals surface area (Å²) in [6, 6.07) is 8.11. The molecule has 0 aliphatic carbocycles. The molecular weight excluding hydrogens is 328 g/mol. The Bertz CT molecular complexity index is 589. The molecule has 2 aromatic rings. The van der Waals surface area contributed by atoms with Crippen molar-refractivity contribution in [2.45, 2.75) is 33.6 Å². The lowest BCUT2D eigenvalue weighted by Gasteiger charge is -2.11. The fraction of sp³-hybridized carbons (Fsp3) is 0.375. The average Bonchev–Trinajstić information content (AvgIpc) is 2.43. The van der Waals surface area contributed by atoms with Crippen molar-refractivity contribution in [3.63, 3.8) is 0 Å². The van der Waals surface area contributed by atoms with Crippen LogP contribution in [0, 0.1) is 6.92 Å². The van der Waals surface area contributed by atoms with Gasteiger partial charge in [-0.05, 0) is 44.0 Å². The summed E-state index contributed by atoms with van der Waals surface area (Å²) in [7, 11) is 0. The van der Waals surface area contributed by atoms with Gasteiger partial charge in [0.1, 0.15) is 17.5 Å². The molecule has 0 unspecified atom stereocenters. The van der Waals surface area contributed by atoms with Crippen LogP contribution in [0.1, 0.15) is 31.7 Å². The van der Waals surface area contributed by atoms with Gasteiger partial charge in [-0.2, -0.15) is 0 Å². The van der Waals surface area contributed by atoms with Gasteiger partial charge in [-0.25, -0.2) is 9.97 Å².